The van der Waals surface area contributed by atoms with Crippen molar-refractivity contribution in [3.05, 3.63) is 35.4 Å². The molecule has 1 aromatic rings. The van der Waals surface area contributed by atoms with Gasteiger partial charge in [-0.1, -0.05) is 36.8 Å². The summed E-state index contributed by atoms with van der Waals surface area (Å²) < 4.78 is 0. The Bertz CT molecular complexity index is 591. The standard InChI is InChI=1S/C19H26N2O2/c1-13-6-8-21(9-7-13)19(23)17-11-16(17)18(22)20-12-15-5-3-4-14(2)10-15/h3-5,10,13,16-17H,6-9,11-12H2,1-2H3,(H,20,22). The molecule has 2 amide bonds. The second-order valence-electron chi connectivity index (χ2n) is 7.16. The van der Waals surface area contributed by atoms with E-state index in [-0.39, 0.29) is 23.7 Å². The van der Waals surface area contributed by atoms with Crippen LogP contribution < -0.4 is 5.32 Å². The molecule has 3 rings (SSSR count). The number of benzene rings is 1. The van der Waals surface area contributed by atoms with Gasteiger partial charge in [0.25, 0.3) is 0 Å². The van der Waals surface area contributed by atoms with E-state index >= 15 is 0 Å². The van der Waals surface area contributed by atoms with E-state index in [1.54, 1.807) is 0 Å². The van der Waals surface area contributed by atoms with E-state index in [0.29, 0.717) is 18.9 Å². The fraction of sp³-hybridized carbons (Fsp3) is 0.579. The van der Waals surface area contributed by atoms with Crippen LogP contribution in [0.25, 0.3) is 0 Å². The van der Waals surface area contributed by atoms with Crippen molar-refractivity contribution in [2.24, 2.45) is 17.8 Å². The van der Waals surface area contributed by atoms with Gasteiger partial charge in [-0.25, -0.2) is 0 Å². The van der Waals surface area contributed by atoms with E-state index in [0.717, 1.165) is 31.5 Å². The highest BCUT2D eigenvalue weighted by atomic mass is 16.2. The Morgan fingerprint density at radius 2 is 1.96 bits per heavy atom. The molecule has 1 aliphatic carbocycles. The molecule has 1 aliphatic heterocycles. The van der Waals surface area contributed by atoms with Crippen molar-refractivity contribution in [1.29, 1.82) is 0 Å². The fourth-order valence-electron chi connectivity index (χ4n) is 3.36. The van der Waals surface area contributed by atoms with Crippen molar-refractivity contribution in [3.63, 3.8) is 0 Å². The molecule has 0 aromatic heterocycles. The van der Waals surface area contributed by atoms with Gasteiger partial charge >= 0.3 is 0 Å². The summed E-state index contributed by atoms with van der Waals surface area (Å²) in [5.74, 6) is 0.724. The molecule has 2 aliphatic rings. The van der Waals surface area contributed by atoms with Crippen molar-refractivity contribution in [1.82, 2.24) is 10.2 Å². The van der Waals surface area contributed by atoms with E-state index in [1.165, 1.54) is 5.56 Å². The van der Waals surface area contributed by atoms with Crippen LogP contribution in [0, 0.1) is 24.7 Å². The summed E-state index contributed by atoms with van der Waals surface area (Å²) in [7, 11) is 0. The van der Waals surface area contributed by atoms with Gasteiger partial charge in [0.15, 0.2) is 0 Å². The number of nitrogens with one attached hydrogen (secondary N) is 1. The Balaban J connectivity index is 1.46. The minimum atomic E-state index is -0.119. The van der Waals surface area contributed by atoms with Crippen LogP contribution in [0.3, 0.4) is 0 Å². The van der Waals surface area contributed by atoms with Gasteiger partial charge in [0, 0.05) is 19.6 Å². The van der Waals surface area contributed by atoms with Gasteiger partial charge in [-0.05, 0) is 37.7 Å². The van der Waals surface area contributed by atoms with Crippen LogP contribution in [0.15, 0.2) is 24.3 Å². The molecule has 1 saturated heterocycles. The number of hydrogen-bond donors (Lipinski definition) is 1. The third-order valence-electron chi connectivity index (χ3n) is 5.09. The lowest BCUT2D eigenvalue weighted by atomic mass is 9.99. The van der Waals surface area contributed by atoms with Crippen molar-refractivity contribution >= 4 is 11.8 Å². The van der Waals surface area contributed by atoms with Crippen LogP contribution in [-0.4, -0.2) is 29.8 Å². The van der Waals surface area contributed by atoms with Gasteiger partial charge in [-0.15, -0.1) is 0 Å². The summed E-state index contributed by atoms with van der Waals surface area (Å²) in [5, 5.41) is 2.97. The highest BCUT2D eigenvalue weighted by Crippen LogP contribution is 2.40. The third kappa shape index (κ3) is 3.92. The first kappa shape index (κ1) is 16.0. The summed E-state index contributed by atoms with van der Waals surface area (Å²) in [6.07, 6.45) is 2.88. The number of hydrogen-bond acceptors (Lipinski definition) is 2. The molecule has 2 atom stereocenters. The minimum absolute atomic E-state index is 0.0234. The van der Waals surface area contributed by atoms with Gasteiger partial charge < -0.3 is 10.2 Å². The third-order valence-corrected chi connectivity index (χ3v) is 5.09. The lowest BCUT2D eigenvalue weighted by molar-refractivity contribution is -0.135. The average Bonchev–Trinajstić information content (AvgIpc) is 3.33. The molecule has 2 fully saturated rings. The van der Waals surface area contributed by atoms with Crippen LogP contribution in [-0.2, 0) is 16.1 Å². The fourth-order valence-corrected chi connectivity index (χ4v) is 3.36. The first-order chi connectivity index (χ1) is 11.0. The molecule has 4 heteroatoms. The number of piperidine rings is 1. The number of aryl methyl sites for hydroxylation is 1. The Morgan fingerprint density at radius 3 is 2.65 bits per heavy atom. The van der Waals surface area contributed by atoms with E-state index in [2.05, 4.69) is 18.3 Å². The van der Waals surface area contributed by atoms with Crippen molar-refractivity contribution in [3.8, 4) is 0 Å². The lowest BCUT2D eigenvalue weighted by Gasteiger charge is -2.30. The van der Waals surface area contributed by atoms with E-state index in [1.807, 2.05) is 30.0 Å². The topological polar surface area (TPSA) is 49.4 Å². The molecular formula is C19H26N2O2. The maximum absolute atomic E-state index is 12.4. The van der Waals surface area contributed by atoms with Crippen molar-refractivity contribution in [2.75, 3.05) is 13.1 Å². The van der Waals surface area contributed by atoms with E-state index < -0.39 is 0 Å². The molecule has 0 bridgehead atoms. The zero-order chi connectivity index (χ0) is 16.4. The SMILES string of the molecule is Cc1cccc(CNC(=O)C2CC2C(=O)N2CCC(C)CC2)c1. The first-order valence-corrected chi connectivity index (χ1v) is 8.66. The molecule has 23 heavy (non-hydrogen) atoms. The van der Waals surface area contributed by atoms with Crippen molar-refractivity contribution < 1.29 is 9.59 Å². The van der Waals surface area contributed by atoms with Gasteiger partial charge in [-0.2, -0.15) is 0 Å². The maximum atomic E-state index is 12.4. The Labute approximate surface area is 138 Å². The lowest BCUT2D eigenvalue weighted by Crippen LogP contribution is -2.39. The first-order valence-electron chi connectivity index (χ1n) is 8.66. The highest BCUT2D eigenvalue weighted by Gasteiger charge is 2.49. The smallest absolute Gasteiger partial charge is 0.226 e. The Morgan fingerprint density at radius 1 is 1.22 bits per heavy atom. The number of rotatable bonds is 4. The summed E-state index contributed by atoms with van der Waals surface area (Å²) in [6, 6.07) is 8.13. The highest BCUT2D eigenvalue weighted by molar-refractivity contribution is 5.92. The van der Waals surface area contributed by atoms with E-state index in [9.17, 15) is 9.59 Å². The number of amides is 2. The predicted molar refractivity (Wildman–Crippen MR) is 89.6 cm³/mol. The predicted octanol–water partition coefficient (Wildman–Crippen LogP) is 2.51. The van der Waals surface area contributed by atoms with Crippen LogP contribution in [0.4, 0.5) is 0 Å². The summed E-state index contributed by atoms with van der Waals surface area (Å²) in [6.45, 7) is 6.53. The molecule has 1 saturated carbocycles. The average molecular weight is 314 g/mol. The molecular weight excluding hydrogens is 288 g/mol. The molecule has 4 nitrogen and oxygen atoms in total. The molecule has 124 valence electrons. The van der Waals surface area contributed by atoms with Crippen molar-refractivity contribution in [2.45, 2.75) is 39.7 Å². The summed E-state index contributed by atoms with van der Waals surface area (Å²) in [4.78, 5) is 26.6. The maximum Gasteiger partial charge on any atom is 0.226 e. The zero-order valence-electron chi connectivity index (χ0n) is 14.0. The molecule has 0 spiro atoms. The molecule has 2 unspecified atom stereocenters. The number of likely N-dealkylation sites (tertiary alicyclic amines) is 1. The zero-order valence-corrected chi connectivity index (χ0v) is 14.0. The summed E-state index contributed by atoms with van der Waals surface area (Å²) >= 11 is 0. The monoisotopic (exact) mass is 314 g/mol. The number of carbonyl (C=O) groups is 2. The number of carbonyl (C=O) groups excluding carboxylic acids is 2. The quantitative estimate of drug-likeness (QED) is 0.928. The van der Waals surface area contributed by atoms with Crippen LogP contribution in [0.5, 0.6) is 0 Å². The second-order valence-corrected chi connectivity index (χ2v) is 7.16. The molecule has 1 aromatic carbocycles. The largest absolute Gasteiger partial charge is 0.352 e. The molecule has 1 heterocycles. The second kappa shape index (κ2) is 6.73. The minimum Gasteiger partial charge on any atom is -0.352 e. The van der Waals surface area contributed by atoms with Crippen LogP contribution >= 0.6 is 0 Å². The van der Waals surface area contributed by atoms with Gasteiger partial charge in [0.05, 0.1) is 11.8 Å². The summed E-state index contributed by atoms with van der Waals surface area (Å²) in [5.41, 5.74) is 2.29. The van der Waals surface area contributed by atoms with E-state index in [4.69, 9.17) is 0 Å². The normalized spacial score (nSPS) is 24.3. The Hall–Kier alpha value is -1.84. The van der Waals surface area contributed by atoms with Crippen LogP contribution in [0.1, 0.15) is 37.3 Å². The van der Waals surface area contributed by atoms with Gasteiger partial charge in [-0.3, -0.25) is 9.59 Å². The Kier molecular flexibility index (Phi) is 4.69. The van der Waals surface area contributed by atoms with Crippen LogP contribution in [0.2, 0.25) is 0 Å². The molecule has 1 N–H and O–H groups in total. The number of nitrogens with zero attached hydrogens (tertiary/aromatic N) is 1. The molecule has 0 radical (unpaired) electrons. The van der Waals surface area contributed by atoms with Gasteiger partial charge in [0.1, 0.15) is 0 Å². The van der Waals surface area contributed by atoms with Gasteiger partial charge in [0.2, 0.25) is 11.8 Å².